The second kappa shape index (κ2) is 8.71. The molecule has 1 unspecified atom stereocenters. The number of carbonyl (C=O) groups excluding carboxylic acids is 1. The number of nitrogens with one attached hydrogen (secondary N) is 1. The van der Waals surface area contributed by atoms with E-state index in [9.17, 15) is 9.59 Å². The predicted octanol–water partition coefficient (Wildman–Crippen LogP) is 4.54. The molecule has 1 aromatic heterocycles. The van der Waals surface area contributed by atoms with Crippen LogP contribution in [0.3, 0.4) is 0 Å². The van der Waals surface area contributed by atoms with Crippen molar-refractivity contribution < 1.29 is 18.7 Å². The third-order valence-corrected chi connectivity index (χ3v) is 4.55. The Hall–Kier alpha value is -3.12. The first-order valence-electron chi connectivity index (χ1n) is 9.80. The molecule has 0 saturated heterocycles. The van der Waals surface area contributed by atoms with Gasteiger partial charge >= 0.3 is 11.6 Å². The Kier molecular flexibility index (Phi) is 6.27. The molecule has 1 heterocycles. The maximum Gasteiger partial charge on any atom is 0.336 e. The number of hydrogen-bond acceptors (Lipinski definition) is 6. The van der Waals surface area contributed by atoms with E-state index in [1.54, 1.807) is 6.07 Å². The fourth-order valence-electron chi connectivity index (χ4n) is 3.26. The van der Waals surface area contributed by atoms with Crippen LogP contribution in [-0.2, 0) is 14.3 Å². The summed E-state index contributed by atoms with van der Waals surface area (Å²) < 4.78 is 16.1. The minimum atomic E-state index is -0.696. The SMILES string of the molecule is COCC(Nc1ccc2c(-c3ccccc3C)cc(=O)oc2c1)C(=O)OC(C)(C)C. The molecule has 2 aromatic carbocycles. The van der Waals surface area contributed by atoms with E-state index in [1.807, 2.05) is 64.1 Å². The molecular weight excluding hydrogens is 382 g/mol. The van der Waals surface area contributed by atoms with Crippen molar-refractivity contribution in [3.63, 3.8) is 0 Å². The number of benzene rings is 2. The third kappa shape index (κ3) is 5.07. The van der Waals surface area contributed by atoms with Crippen LogP contribution in [0.4, 0.5) is 5.69 Å². The molecule has 6 heteroatoms. The lowest BCUT2D eigenvalue weighted by atomic mass is 9.98. The van der Waals surface area contributed by atoms with Gasteiger partial charge in [0, 0.05) is 35.9 Å². The number of carbonyl (C=O) groups is 1. The largest absolute Gasteiger partial charge is 0.458 e. The Labute approximate surface area is 175 Å². The summed E-state index contributed by atoms with van der Waals surface area (Å²) in [5.74, 6) is -0.417. The van der Waals surface area contributed by atoms with Gasteiger partial charge in [0.15, 0.2) is 0 Å². The van der Waals surface area contributed by atoms with E-state index in [4.69, 9.17) is 13.9 Å². The van der Waals surface area contributed by atoms with E-state index in [1.165, 1.54) is 13.2 Å². The Morgan fingerprint density at radius 3 is 2.50 bits per heavy atom. The number of rotatable bonds is 6. The van der Waals surface area contributed by atoms with Crippen molar-refractivity contribution in [3.8, 4) is 11.1 Å². The van der Waals surface area contributed by atoms with E-state index in [0.717, 1.165) is 22.1 Å². The van der Waals surface area contributed by atoms with E-state index in [0.29, 0.717) is 11.3 Å². The number of methoxy groups -OCH3 is 1. The summed E-state index contributed by atoms with van der Waals surface area (Å²) in [5.41, 5.74) is 2.87. The van der Waals surface area contributed by atoms with Gasteiger partial charge in [0.25, 0.3) is 0 Å². The fourth-order valence-corrected chi connectivity index (χ4v) is 3.26. The quantitative estimate of drug-likeness (QED) is 0.476. The normalized spacial score (nSPS) is 12.6. The van der Waals surface area contributed by atoms with Gasteiger partial charge in [-0.15, -0.1) is 0 Å². The highest BCUT2D eigenvalue weighted by Gasteiger charge is 2.25. The average Bonchev–Trinajstić information content (AvgIpc) is 2.66. The zero-order valence-electron chi connectivity index (χ0n) is 17.9. The van der Waals surface area contributed by atoms with E-state index in [-0.39, 0.29) is 6.61 Å². The molecule has 158 valence electrons. The molecule has 6 nitrogen and oxygen atoms in total. The van der Waals surface area contributed by atoms with Gasteiger partial charge in [-0.1, -0.05) is 24.3 Å². The van der Waals surface area contributed by atoms with Crippen LogP contribution in [0, 0.1) is 6.92 Å². The number of esters is 1. The Morgan fingerprint density at radius 2 is 1.83 bits per heavy atom. The summed E-state index contributed by atoms with van der Waals surface area (Å²) in [6, 6.07) is 14.1. The zero-order chi connectivity index (χ0) is 21.9. The summed E-state index contributed by atoms with van der Waals surface area (Å²) in [6.45, 7) is 7.58. The molecule has 0 saturated carbocycles. The second-order valence-corrected chi connectivity index (χ2v) is 8.19. The third-order valence-electron chi connectivity index (χ3n) is 4.55. The van der Waals surface area contributed by atoms with Crippen molar-refractivity contribution >= 4 is 22.6 Å². The Bertz CT molecular complexity index is 1110. The molecule has 1 atom stereocenters. The van der Waals surface area contributed by atoms with Gasteiger partial charge in [0.1, 0.15) is 17.2 Å². The van der Waals surface area contributed by atoms with Crippen molar-refractivity contribution in [2.75, 3.05) is 19.0 Å². The van der Waals surface area contributed by atoms with Crippen molar-refractivity contribution in [2.45, 2.75) is 39.3 Å². The number of fused-ring (bicyclic) bond motifs is 1. The molecular formula is C24H27NO5. The van der Waals surface area contributed by atoms with Crippen LogP contribution in [0.5, 0.6) is 0 Å². The summed E-state index contributed by atoms with van der Waals surface area (Å²) in [6.07, 6.45) is 0. The molecule has 0 aliphatic rings. The predicted molar refractivity (Wildman–Crippen MR) is 118 cm³/mol. The van der Waals surface area contributed by atoms with E-state index in [2.05, 4.69) is 5.32 Å². The van der Waals surface area contributed by atoms with E-state index < -0.39 is 23.2 Å². The van der Waals surface area contributed by atoms with Gasteiger partial charge in [-0.05, 0) is 51.0 Å². The van der Waals surface area contributed by atoms with Gasteiger partial charge in [-0.25, -0.2) is 9.59 Å². The lowest BCUT2D eigenvalue weighted by Gasteiger charge is -2.24. The molecule has 1 N–H and O–H groups in total. The number of ether oxygens (including phenoxy) is 2. The van der Waals surface area contributed by atoms with Gasteiger partial charge in [0.2, 0.25) is 0 Å². The van der Waals surface area contributed by atoms with E-state index >= 15 is 0 Å². The Balaban J connectivity index is 1.98. The minimum absolute atomic E-state index is 0.139. The van der Waals surface area contributed by atoms with Crippen LogP contribution in [0.25, 0.3) is 22.1 Å². The molecule has 3 aromatic rings. The number of aryl methyl sites for hydroxylation is 1. The average molecular weight is 409 g/mol. The summed E-state index contributed by atoms with van der Waals surface area (Å²) in [7, 11) is 1.52. The van der Waals surface area contributed by atoms with Gasteiger partial charge in [0.05, 0.1) is 6.61 Å². The summed E-state index contributed by atoms with van der Waals surface area (Å²) in [4.78, 5) is 24.7. The minimum Gasteiger partial charge on any atom is -0.458 e. The lowest BCUT2D eigenvalue weighted by Crippen LogP contribution is -2.39. The first-order valence-corrected chi connectivity index (χ1v) is 9.80. The maximum atomic E-state index is 12.5. The van der Waals surface area contributed by atoms with Crippen LogP contribution in [0.1, 0.15) is 26.3 Å². The lowest BCUT2D eigenvalue weighted by molar-refractivity contribution is -0.156. The van der Waals surface area contributed by atoms with Gasteiger partial charge in [-0.3, -0.25) is 0 Å². The highest BCUT2D eigenvalue weighted by atomic mass is 16.6. The molecule has 0 radical (unpaired) electrons. The summed E-state index contributed by atoms with van der Waals surface area (Å²) >= 11 is 0. The van der Waals surface area contributed by atoms with Crippen LogP contribution in [0.15, 0.2) is 57.7 Å². The van der Waals surface area contributed by atoms with Crippen molar-refractivity contribution in [2.24, 2.45) is 0 Å². The molecule has 0 bridgehead atoms. The zero-order valence-corrected chi connectivity index (χ0v) is 17.9. The van der Waals surface area contributed by atoms with Crippen LogP contribution >= 0.6 is 0 Å². The molecule has 30 heavy (non-hydrogen) atoms. The molecule has 0 amide bonds. The van der Waals surface area contributed by atoms with Crippen LogP contribution in [0.2, 0.25) is 0 Å². The smallest absolute Gasteiger partial charge is 0.336 e. The summed E-state index contributed by atoms with van der Waals surface area (Å²) in [5, 5.41) is 3.94. The fraction of sp³-hybridized carbons (Fsp3) is 0.333. The topological polar surface area (TPSA) is 77.8 Å². The first-order chi connectivity index (χ1) is 14.2. The molecule has 0 fully saturated rings. The first kappa shape index (κ1) is 21.6. The van der Waals surface area contributed by atoms with Crippen LogP contribution < -0.4 is 10.9 Å². The number of hydrogen-bond donors (Lipinski definition) is 1. The van der Waals surface area contributed by atoms with Crippen molar-refractivity contribution in [1.29, 1.82) is 0 Å². The number of anilines is 1. The van der Waals surface area contributed by atoms with Gasteiger partial charge < -0.3 is 19.2 Å². The van der Waals surface area contributed by atoms with Crippen LogP contribution in [-0.4, -0.2) is 31.3 Å². The second-order valence-electron chi connectivity index (χ2n) is 8.19. The van der Waals surface area contributed by atoms with Crippen molar-refractivity contribution in [3.05, 3.63) is 64.5 Å². The maximum absolute atomic E-state index is 12.5. The highest BCUT2D eigenvalue weighted by molar-refractivity contribution is 5.95. The molecule has 0 aliphatic carbocycles. The molecule has 0 spiro atoms. The highest BCUT2D eigenvalue weighted by Crippen LogP contribution is 2.31. The van der Waals surface area contributed by atoms with Gasteiger partial charge in [-0.2, -0.15) is 0 Å². The standard InChI is InChI=1S/C24H27NO5/c1-15-8-6-7-9-17(15)19-13-22(26)29-21-12-16(10-11-18(19)21)25-20(14-28-5)23(27)30-24(2,3)4/h6-13,20,25H,14H2,1-5H3. The van der Waals surface area contributed by atoms with Crippen molar-refractivity contribution in [1.82, 2.24) is 0 Å². The molecule has 0 aliphatic heterocycles. The Morgan fingerprint density at radius 1 is 1.10 bits per heavy atom. The monoisotopic (exact) mass is 409 g/mol. The molecule has 3 rings (SSSR count).